The molecular formula is C14H19ClN2. The van der Waals surface area contributed by atoms with Crippen LogP contribution >= 0.6 is 12.4 Å². The molecule has 0 atom stereocenters. The van der Waals surface area contributed by atoms with Crippen LogP contribution in [-0.2, 0) is 6.54 Å². The highest BCUT2D eigenvalue weighted by Gasteiger charge is 2.16. The zero-order valence-electron chi connectivity index (χ0n) is 9.91. The van der Waals surface area contributed by atoms with Gasteiger partial charge in [-0.2, -0.15) is 0 Å². The number of para-hydroxylation sites is 1. The quantitative estimate of drug-likeness (QED) is 0.854. The molecule has 0 unspecified atom stereocenters. The maximum absolute atomic E-state index is 3.56. The third-order valence-electron chi connectivity index (χ3n) is 3.65. The van der Waals surface area contributed by atoms with Crippen molar-refractivity contribution in [3.8, 4) is 0 Å². The van der Waals surface area contributed by atoms with Crippen molar-refractivity contribution in [1.82, 2.24) is 10.3 Å². The smallest absolute Gasteiger partial charge is 0.0457 e. The van der Waals surface area contributed by atoms with Crippen molar-refractivity contribution < 1.29 is 0 Å². The van der Waals surface area contributed by atoms with Crippen LogP contribution in [0.4, 0.5) is 0 Å². The summed E-state index contributed by atoms with van der Waals surface area (Å²) in [7, 11) is 0. The van der Waals surface area contributed by atoms with E-state index in [-0.39, 0.29) is 12.4 Å². The average Bonchev–Trinajstić information content (AvgIpc) is 2.65. The van der Waals surface area contributed by atoms with E-state index in [1.54, 1.807) is 0 Å². The molecular weight excluding hydrogens is 232 g/mol. The molecule has 1 aliphatic carbocycles. The zero-order valence-corrected chi connectivity index (χ0v) is 10.7. The third kappa shape index (κ3) is 2.64. The van der Waals surface area contributed by atoms with Crippen LogP contribution in [0.25, 0.3) is 10.9 Å². The van der Waals surface area contributed by atoms with E-state index in [4.69, 9.17) is 0 Å². The molecule has 2 aromatic rings. The minimum Gasteiger partial charge on any atom is -0.361 e. The first-order chi connectivity index (χ1) is 7.93. The summed E-state index contributed by atoms with van der Waals surface area (Å²) >= 11 is 0. The molecule has 0 spiro atoms. The fourth-order valence-electron chi connectivity index (χ4n) is 2.39. The van der Waals surface area contributed by atoms with E-state index in [1.807, 2.05) is 0 Å². The highest BCUT2D eigenvalue weighted by atomic mass is 35.5. The second-order valence-electron chi connectivity index (χ2n) is 4.79. The van der Waals surface area contributed by atoms with E-state index >= 15 is 0 Å². The first-order valence-electron chi connectivity index (χ1n) is 6.19. The van der Waals surface area contributed by atoms with Crippen molar-refractivity contribution in [3.63, 3.8) is 0 Å². The lowest BCUT2D eigenvalue weighted by molar-refractivity contribution is 0.301. The molecule has 3 rings (SSSR count). The summed E-state index contributed by atoms with van der Waals surface area (Å²) in [5, 5.41) is 4.91. The molecule has 1 fully saturated rings. The number of hydrogen-bond donors (Lipinski definition) is 2. The van der Waals surface area contributed by atoms with E-state index in [0.29, 0.717) is 0 Å². The van der Waals surface area contributed by atoms with Gasteiger partial charge in [0, 0.05) is 23.6 Å². The van der Waals surface area contributed by atoms with Crippen molar-refractivity contribution in [2.75, 3.05) is 6.54 Å². The molecule has 92 valence electrons. The van der Waals surface area contributed by atoms with Crippen molar-refractivity contribution in [2.24, 2.45) is 5.92 Å². The molecule has 2 N–H and O–H groups in total. The number of aromatic amines is 1. The zero-order chi connectivity index (χ0) is 10.8. The molecule has 2 nitrogen and oxygen atoms in total. The van der Waals surface area contributed by atoms with Gasteiger partial charge in [-0.15, -0.1) is 12.4 Å². The van der Waals surface area contributed by atoms with Crippen LogP contribution in [0.2, 0.25) is 0 Å². The minimum absolute atomic E-state index is 0. The summed E-state index contributed by atoms with van der Waals surface area (Å²) in [5.74, 6) is 0.935. The van der Waals surface area contributed by atoms with Crippen molar-refractivity contribution in [1.29, 1.82) is 0 Å². The Balaban J connectivity index is 0.00000108. The fourth-order valence-corrected chi connectivity index (χ4v) is 2.39. The summed E-state index contributed by atoms with van der Waals surface area (Å²) < 4.78 is 0. The Morgan fingerprint density at radius 1 is 1.24 bits per heavy atom. The number of nitrogens with one attached hydrogen (secondary N) is 2. The van der Waals surface area contributed by atoms with Gasteiger partial charge in [-0.05, 0) is 36.9 Å². The van der Waals surface area contributed by atoms with E-state index in [1.165, 1.54) is 42.3 Å². The van der Waals surface area contributed by atoms with Crippen LogP contribution in [0.5, 0.6) is 0 Å². The fraction of sp³-hybridized carbons (Fsp3) is 0.429. The van der Waals surface area contributed by atoms with Crippen molar-refractivity contribution in [3.05, 3.63) is 36.0 Å². The standard InChI is InChI=1S/C14H18N2.ClH/c1-2-7-14-13(6-1)12(10-16-14)9-15-8-11-4-3-5-11;/h1-2,6-7,10-11,15-16H,3-5,8-9H2;1H. The minimum atomic E-state index is 0. The summed E-state index contributed by atoms with van der Waals surface area (Å²) in [6, 6.07) is 8.49. The lowest BCUT2D eigenvalue weighted by Crippen LogP contribution is -2.26. The normalized spacial score (nSPS) is 15.5. The van der Waals surface area contributed by atoms with Crippen LogP contribution in [0.1, 0.15) is 24.8 Å². The lowest BCUT2D eigenvalue weighted by Gasteiger charge is -2.25. The van der Waals surface area contributed by atoms with Crippen LogP contribution in [0.15, 0.2) is 30.5 Å². The Hall–Kier alpha value is -0.990. The van der Waals surface area contributed by atoms with E-state index < -0.39 is 0 Å². The molecule has 0 saturated heterocycles. The Morgan fingerprint density at radius 3 is 2.82 bits per heavy atom. The van der Waals surface area contributed by atoms with Gasteiger partial charge in [-0.3, -0.25) is 0 Å². The predicted octanol–water partition coefficient (Wildman–Crippen LogP) is 3.48. The second kappa shape index (κ2) is 5.56. The molecule has 1 saturated carbocycles. The lowest BCUT2D eigenvalue weighted by atomic mass is 9.85. The Kier molecular flexibility index (Phi) is 4.08. The Morgan fingerprint density at radius 2 is 2.06 bits per heavy atom. The molecule has 1 aromatic heterocycles. The summed E-state index contributed by atoms with van der Waals surface area (Å²) in [6.07, 6.45) is 6.39. The Bertz CT molecular complexity index is 474. The molecule has 17 heavy (non-hydrogen) atoms. The molecule has 0 radical (unpaired) electrons. The molecule has 1 aromatic carbocycles. The first-order valence-corrected chi connectivity index (χ1v) is 6.19. The second-order valence-corrected chi connectivity index (χ2v) is 4.79. The number of aromatic nitrogens is 1. The van der Waals surface area contributed by atoms with E-state index in [9.17, 15) is 0 Å². The highest BCUT2D eigenvalue weighted by Crippen LogP contribution is 2.25. The van der Waals surface area contributed by atoms with Crippen LogP contribution in [-0.4, -0.2) is 11.5 Å². The molecule has 0 bridgehead atoms. The van der Waals surface area contributed by atoms with E-state index in [2.05, 4.69) is 40.8 Å². The maximum atomic E-state index is 3.56. The number of hydrogen-bond acceptors (Lipinski definition) is 1. The number of benzene rings is 1. The number of fused-ring (bicyclic) bond motifs is 1. The van der Waals surface area contributed by atoms with Crippen molar-refractivity contribution >= 4 is 23.3 Å². The molecule has 3 heteroatoms. The van der Waals surface area contributed by atoms with Gasteiger partial charge in [-0.25, -0.2) is 0 Å². The molecule has 0 aliphatic heterocycles. The summed E-state index contributed by atoms with van der Waals surface area (Å²) in [4.78, 5) is 3.31. The monoisotopic (exact) mass is 250 g/mol. The van der Waals surface area contributed by atoms with Gasteiger partial charge in [0.25, 0.3) is 0 Å². The van der Waals surface area contributed by atoms with Gasteiger partial charge in [0.2, 0.25) is 0 Å². The van der Waals surface area contributed by atoms with Gasteiger partial charge in [-0.1, -0.05) is 24.6 Å². The average molecular weight is 251 g/mol. The summed E-state index contributed by atoms with van der Waals surface area (Å²) in [6.45, 7) is 2.17. The van der Waals surface area contributed by atoms with E-state index in [0.717, 1.165) is 12.5 Å². The summed E-state index contributed by atoms with van der Waals surface area (Å²) in [5.41, 5.74) is 2.62. The predicted molar refractivity (Wildman–Crippen MR) is 74.6 cm³/mol. The van der Waals surface area contributed by atoms with Gasteiger partial charge < -0.3 is 10.3 Å². The van der Waals surface area contributed by atoms with Crippen molar-refractivity contribution in [2.45, 2.75) is 25.8 Å². The van der Waals surface area contributed by atoms with Crippen LogP contribution in [0, 0.1) is 5.92 Å². The topological polar surface area (TPSA) is 27.8 Å². The largest absolute Gasteiger partial charge is 0.361 e. The van der Waals surface area contributed by atoms with Gasteiger partial charge in [0.15, 0.2) is 0 Å². The number of rotatable bonds is 4. The molecule has 1 heterocycles. The highest BCUT2D eigenvalue weighted by molar-refractivity contribution is 5.85. The van der Waals surface area contributed by atoms with Crippen LogP contribution < -0.4 is 5.32 Å². The van der Waals surface area contributed by atoms with Crippen LogP contribution in [0.3, 0.4) is 0 Å². The van der Waals surface area contributed by atoms with Gasteiger partial charge in [0.1, 0.15) is 0 Å². The van der Waals surface area contributed by atoms with Gasteiger partial charge >= 0.3 is 0 Å². The number of H-pyrrole nitrogens is 1. The molecule has 0 amide bonds. The Labute approximate surface area is 108 Å². The first kappa shape index (κ1) is 12.5. The SMILES string of the molecule is Cl.c1ccc2c(CNCC3CCC3)c[nH]c2c1. The maximum Gasteiger partial charge on any atom is 0.0457 e. The van der Waals surface area contributed by atoms with Gasteiger partial charge in [0.05, 0.1) is 0 Å². The molecule has 1 aliphatic rings. The number of halogens is 1. The third-order valence-corrected chi connectivity index (χ3v) is 3.65.